The Balaban J connectivity index is 1.75. The predicted molar refractivity (Wildman–Crippen MR) is 108 cm³/mol. The highest BCUT2D eigenvalue weighted by atomic mass is 32.2. The third kappa shape index (κ3) is 4.70. The number of pyridine rings is 1. The van der Waals surface area contributed by atoms with E-state index in [9.17, 15) is 14.9 Å². The molecule has 1 aliphatic rings. The number of hydrogen-bond donors (Lipinski definition) is 2. The molecule has 1 aliphatic carbocycles. The number of carboxylic acid groups (broad SMARTS) is 1. The van der Waals surface area contributed by atoms with Crippen LogP contribution in [0.15, 0.2) is 35.4 Å². The van der Waals surface area contributed by atoms with Gasteiger partial charge in [-0.1, -0.05) is 24.2 Å². The van der Waals surface area contributed by atoms with Gasteiger partial charge in [0.2, 0.25) is 5.91 Å². The van der Waals surface area contributed by atoms with E-state index >= 15 is 0 Å². The quantitative estimate of drug-likeness (QED) is 0.585. The highest BCUT2D eigenvalue weighted by molar-refractivity contribution is 8.00. The fourth-order valence-electron chi connectivity index (χ4n) is 3.16. The topological polar surface area (TPSA) is 103 Å². The number of thioether (sulfide) groups is 1. The molecule has 1 amide bonds. The zero-order chi connectivity index (χ0) is 20.1. The molecule has 1 unspecified atom stereocenters. The molecule has 2 N–H and O–H groups in total. The summed E-state index contributed by atoms with van der Waals surface area (Å²) in [5, 5.41) is 21.4. The van der Waals surface area contributed by atoms with Crippen molar-refractivity contribution in [2.75, 3.05) is 5.32 Å². The van der Waals surface area contributed by atoms with E-state index in [2.05, 4.69) is 11.4 Å². The molecule has 2 aromatic rings. The van der Waals surface area contributed by atoms with Crippen LogP contribution in [0.3, 0.4) is 0 Å². The number of benzene rings is 1. The third-order valence-electron chi connectivity index (χ3n) is 4.67. The molecular formula is C21H21N3O3S. The number of aromatic nitrogens is 1. The van der Waals surface area contributed by atoms with Crippen LogP contribution in [0.4, 0.5) is 5.69 Å². The van der Waals surface area contributed by atoms with Crippen molar-refractivity contribution >= 4 is 29.3 Å². The first kappa shape index (κ1) is 19.9. The first-order chi connectivity index (χ1) is 13.5. The number of carbonyl (C=O) groups is 2. The number of hydrogen-bond acceptors (Lipinski definition) is 5. The zero-order valence-electron chi connectivity index (χ0n) is 15.6. The van der Waals surface area contributed by atoms with Crippen LogP contribution in [0.25, 0.3) is 0 Å². The SMILES string of the molecule is CC(Sc1nc2c(cc1C#N)CCCCC2)C(=O)Nc1cccc(C(=O)O)c1. The molecule has 144 valence electrons. The molecule has 0 saturated carbocycles. The van der Waals surface area contributed by atoms with Crippen LogP contribution in [-0.2, 0) is 17.6 Å². The Hall–Kier alpha value is -2.85. The lowest BCUT2D eigenvalue weighted by Crippen LogP contribution is -2.23. The minimum atomic E-state index is -1.05. The molecule has 0 saturated heterocycles. The van der Waals surface area contributed by atoms with Gasteiger partial charge in [0, 0.05) is 11.4 Å². The van der Waals surface area contributed by atoms with Gasteiger partial charge >= 0.3 is 5.97 Å². The molecule has 1 aromatic carbocycles. The lowest BCUT2D eigenvalue weighted by molar-refractivity contribution is -0.115. The van der Waals surface area contributed by atoms with Crippen molar-refractivity contribution < 1.29 is 14.7 Å². The molecular weight excluding hydrogens is 374 g/mol. The Kier molecular flexibility index (Phi) is 6.32. The van der Waals surface area contributed by atoms with Gasteiger partial charge in [-0.25, -0.2) is 9.78 Å². The number of nitrogens with zero attached hydrogens (tertiary/aromatic N) is 2. The van der Waals surface area contributed by atoms with Crippen molar-refractivity contribution in [2.24, 2.45) is 0 Å². The van der Waals surface area contributed by atoms with Gasteiger partial charge in [-0.15, -0.1) is 0 Å². The summed E-state index contributed by atoms with van der Waals surface area (Å²) in [6.45, 7) is 1.75. The van der Waals surface area contributed by atoms with E-state index in [1.165, 1.54) is 23.9 Å². The van der Waals surface area contributed by atoms with E-state index in [1.807, 2.05) is 6.07 Å². The number of aryl methyl sites for hydroxylation is 2. The average molecular weight is 395 g/mol. The first-order valence-corrected chi connectivity index (χ1v) is 10.1. The summed E-state index contributed by atoms with van der Waals surface area (Å²) >= 11 is 1.25. The largest absolute Gasteiger partial charge is 0.478 e. The zero-order valence-corrected chi connectivity index (χ0v) is 16.4. The van der Waals surface area contributed by atoms with E-state index in [4.69, 9.17) is 10.1 Å². The Bertz CT molecular complexity index is 952. The number of rotatable bonds is 5. The summed E-state index contributed by atoms with van der Waals surface area (Å²) in [7, 11) is 0. The maximum Gasteiger partial charge on any atom is 0.335 e. The molecule has 7 heteroatoms. The monoisotopic (exact) mass is 395 g/mol. The van der Waals surface area contributed by atoms with Gasteiger partial charge in [0.1, 0.15) is 11.1 Å². The van der Waals surface area contributed by atoms with Crippen molar-refractivity contribution in [1.82, 2.24) is 4.98 Å². The average Bonchev–Trinajstić information content (AvgIpc) is 2.92. The molecule has 0 spiro atoms. The lowest BCUT2D eigenvalue weighted by atomic mass is 10.1. The Morgan fingerprint density at radius 3 is 2.79 bits per heavy atom. The molecule has 1 atom stereocenters. The van der Waals surface area contributed by atoms with Crippen molar-refractivity contribution in [3.63, 3.8) is 0 Å². The van der Waals surface area contributed by atoms with Crippen LogP contribution in [0, 0.1) is 11.3 Å². The van der Waals surface area contributed by atoms with Gasteiger partial charge in [0.25, 0.3) is 0 Å². The normalized spacial score (nSPS) is 14.3. The summed E-state index contributed by atoms with van der Waals surface area (Å²) < 4.78 is 0. The fourth-order valence-corrected chi connectivity index (χ4v) is 4.05. The first-order valence-electron chi connectivity index (χ1n) is 9.21. The van der Waals surface area contributed by atoms with E-state index in [1.54, 1.807) is 19.1 Å². The standard InChI is InChI=1S/C21H21N3O3S/c1-13(19(25)23-17-8-5-7-15(11-17)21(26)27)28-20-16(12-22)10-14-6-3-2-4-9-18(14)24-20/h5,7-8,10-11,13H,2-4,6,9H2,1H3,(H,23,25)(H,26,27). The summed E-state index contributed by atoms with van der Waals surface area (Å²) in [5.41, 5.74) is 3.20. The Morgan fingerprint density at radius 1 is 1.25 bits per heavy atom. The summed E-state index contributed by atoms with van der Waals surface area (Å²) in [6, 6.07) is 10.2. The number of aromatic carboxylic acids is 1. The number of carboxylic acids is 1. The minimum absolute atomic E-state index is 0.109. The molecule has 0 radical (unpaired) electrons. The molecule has 0 bridgehead atoms. The number of fused-ring (bicyclic) bond motifs is 1. The second-order valence-corrected chi connectivity index (χ2v) is 8.08. The number of nitriles is 1. The maximum atomic E-state index is 12.6. The van der Waals surface area contributed by atoms with E-state index in [-0.39, 0.29) is 11.5 Å². The number of carbonyl (C=O) groups excluding carboxylic acids is 1. The van der Waals surface area contributed by atoms with Gasteiger partial charge in [0.15, 0.2) is 0 Å². The van der Waals surface area contributed by atoms with Crippen LogP contribution in [0.1, 0.15) is 53.4 Å². The number of amides is 1. The van der Waals surface area contributed by atoms with Crippen LogP contribution >= 0.6 is 11.8 Å². The van der Waals surface area contributed by atoms with Crippen LogP contribution < -0.4 is 5.32 Å². The molecule has 1 heterocycles. The molecule has 28 heavy (non-hydrogen) atoms. The number of nitrogens with one attached hydrogen (secondary N) is 1. The third-order valence-corrected chi connectivity index (χ3v) is 5.77. The van der Waals surface area contributed by atoms with Crippen molar-refractivity contribution in [2.45, 2.75) is 49.3 Å². The summed E-state index contributed by atoms with van der Waals surface area (Å²) in [6.07, 6.45) is 5.20. The molecule has 0 aliphatic heterocycles. The van der Waals surface area contributed by atoms with Gasteiger partial charge in [-0.05, 0) is 62.4 Å². The van der Waals surface area contributed by atoms with E-state index < -0.39 is 11.2 Å². The highest BCUT2D eigenvalue weighted by Crippen LogP contribution is 2.30. The second-order valence-electron chi connectivity index (χ2n) is 6.75. The van der Waals surface area contributed by atoms with Gasteiger partial charge in [0.05, 0.1) is 16.4 Å². The van der Waals surface area contributed by atoms with E-state index in [0.717, 1.165) is 43.4 Å². The second kappa shape index (κ2) is 8.89. The van der Waals surface area contributed by atoms with Crippen LogP contribution in [0.2, 0.25) is 0 Å². The molecule has 1 aromatic heterocycles. The molecule has 6 nitrogen and oxygen atoms in total. The van der Waals surface area contributed by atoms with Gasteiger partial charge < -0.3 is 10.4 Å². The maximum absolute atomic E-state index is 12.6. The number of anilines is 1. The van der Waals surface area contributed by atoms with Crippen LogP contribution in [0.5, 0.6) is 0 Å². The van der Waals surface area contributed by atoms with Crippen molar-refractivity contribution in [3.8, 4) is 6.07 Å². The predicted octanol–water partition coefficient (Wildman–Crippen LogP) is 4.04. The fraction of sp³-hybridized carbons (Fsp3) is 0.333. The highest BCUT2D eigenvalue weighted by Gasteiger charge is 2.20. The van der Waals surface area contributed by atoms with Gasteiger partial charge in [-0.2, -0.15) is 5.26 Å². The van der Waals surface area contributed by atoms with Crippen molar-refractivity contribution in [1.29, 1.82) is 5.26 Å². The van der Waals surface area contributed by atoms with E-state index in [0.29, 0.717) is 16.3 Å². The molecule has 0 fully saturated rings. The smallest absolute Gasteiger partial charge is 0.335 e. The summed E-state index contributed by atoms with van der Waals surface area (Å²) in [5.74, 6) is -1.32. The van der Waals surface area contributed by atoms with Crippen LogP contribution in [-0.4, -0.2) is 27.2 Å². The Morgan fingerprint density at radius 2 is 2.04 bits per heavy atom. The molecule has 3 rings (SSSR count). The lowest BCUT2D eigenvalue weighted by Gasteiger charge is -2.14. The van der Waals surface area contributed by atoms with Gasteiger partial charge in [-0.3, -0.25) is 4.79 Å². The van der Waals surface area contributed by atoms with Crippen molar-refractivity contribution in [3.05, 3.63) is 52.7 Å². The minimum Gasteiger partial charge on any atom is -0.478 e. The Labute approximate surface area is 168 Å². The summed E-state index contributed by atoms with van der Waals surface area (Å²) in [4.78, 5) is 28.3.